The van der Waals surface area contributed by atoms with Crippen LogP contribution in [0.25, 0.3) is 10.9 Å². The minimum Gasteiger partial charge on any atom is -0.495 e. The molecule has 0 bridgehead atoms. The van der Waals surface area contributed by atoms with Gasteiger partial charge in [-0.2, -0.15) is 4.98 Å². The minimum atomic E-state index is -2.62. The number of alkyl halides is 2. The van der Waals surface area contributed by atoms with Gasteiger partial charge in [0.05, 0.1) is 30.9 Å². The Kier molecular flexibility index (Phi) is 6.70. The van der Waals surface area contributed by atoms with Crippen molar-refractivity contribution in [3.63, 3.8) is 0 Å². The highest BCUT2D eigenvalue weighted by atomic mass is 19.3. The van der Waals surface area contributed by atoms with Gasteiger partial charge in [-0.3, -0.25) is 10.2 Å². The van der Waals surface area contributed by atoms with Gasteiger partial charge in [-0.15, -0.1) is 0 Å². The number of aromatic nitrogens is 2. The molecule has 1 aromatic carbocycles. The van der Waals surface area contributed by atoms with Crippen molar-refractivity contribution in [1.29, 1.82) is 0 Å². The molecule has 0 saturated carbocycles. The molecule has 1 aromatic heterocycles. The first kappa shape index (κ1) is 23.1. The number of benzene rings is 1. The van der Waals surface area contributed by atoms with E-state index in [1.165, 1.54) is 12.8 Å². The Bertz CT molecular complexity index is 1080. The molecule has 7 nitrogen and oxygen atoms in total. The number of nitrogens with one attached hydrogen (secondary N) is 2. The molecule has 3 aliphatic rings. The number of halogens is 2. The van der Waals surface area contributed by atoms with Crippen LogP contribution in [0.5, 0.6) is 5.75 Å². The van der Waals surface area contributed by atoms with Crippen molar-refractivity contribution in [1.82, 2.24) is 20.2 Å². The molecule has 1 unspecified atom stereocenters. The van der Waals surface area contributed by atoms with E-state index >= 15 is 0 Å². The van der Waals surface area contributed by atoms with E-state index in [9.17, 15) is 8.78 Å². The monoisotopic (exact) mass is 470 g/mol. The van der Waals surface area contributed by atoms with Gasteiger partial charge >= 0.3 is 0 Å². The average molecular weight is 471 g/mol. The number of ether oxygens (including phenoxy) is 1. The Morgan fingerprint density at radius 3 is 2.65 bits per heavy atom. The lowest BCUT2D eigenvalue weighted by atomic mass is 10.1. The number of methoxy groups -OCH3 is 1. The standard InChI is InChI=1S/C25H32F2N6O/c1-34-21-17-19-20(16-18(21)6-5-13-32-11-2-3-12-32)29-24(33-14-8-25(26,27)9-15-33)31-23(19)30-22-7-4-10-28-22/h16-17,22,28H,2-4,7-15H2,1H3,(H,29,30,31). The molecule has 5 rings (SSSR count). The summed E-state index contributed by atoms with van der Waals surface area (Å²) in [6, 6.07) is 3.86. The molecule has 34 heavy (non-hydrogen) atoms. The smallest absolute Gasteiger partial charge is 0.251 e. The summed E-state index contributed by atoms with van der Waals surface area (Å²) in [5.74, 6) is 5.76. The summed E-state index contributed by atoms with van der Waals surface area (Å²) in [5.41, 5.74) is 1.50. The van der Waals surface area contributed by atoms with Gasteiger partial charge in [-0.05, 0) is 57.5 Å². The molecule has 182 valence electrons. The van der Waals surface area contributed by atoms with E-state index in [0.717, 1.165) is 55.5 Å². The van der Waals surface area contributed by atoms with Crippen LogP contribution in [-0.4, -0.2) is 73.3 Å². The zero-order valence-electron chi connectivity index (χ0n) is 19.7. The predicted molar refractivity (Wildman–Crippen MR) is 130 cm³/mol. The Hall–Kier alpha value is -2.70. The second-order valence-corrected chi connectivity index (χ2v) is 9.36. The topological polar surface area (TPSA) is 65.5 Å². The molecule has 0 aliphatic carbocycles. The number of rotatable bonds is 5. The van der Waals surface area contributed by atoms with E-state index in [-0.39, 0.29) is 32.1 Å². The summed E-state index contributed by atoms with van der Waals surface area (Å²) in [5, 5.41) is 7.76. The first-order valence-corrected chi connectivity index (χ1v) is 12.2. The molecule has 2 aromatic rings. The Morgan fingerprint density at radius 2 is 1.94 bits per heavy atom. The molecule has 0 radical (unpaired) electrons. The Balaban J connectivity index is 1.50. The summed E-state index contributed by atoms with van der Waals surface area (Å²) in [4.78, 5) is 13.8. The van der Waals surface area contributed by atoms with Crippen molar-refractivity contribution < 1.29 is 13.5 Å². The first-order chi connectivity index (χ1) is 16.5. The molecule has 4 heterocycles. The number of anilines is 2. The fourth-order valence-electron chi connectivity index (χ4n) is 4.86. The van der Waals surface area contributed by atoms with Crippen LogP contribution in [0.1, 0.15) is 44.1 Å². The van der Waals surface area contributed by atoms with E-state index in [1.54, 1.807) is 7.11 Å². The van der Waals surface area contributed by atoms with Gasteiger partial charge in [0.2, 0.25) is 5.95 Å². The minimum absolute atomic E-state index is 0.113. The first-order valence-electron chi connectivity index (χ1n) is 12.2. The maximum atomic E-state index is 13.7. The normalized spacial score (nSPS) is 22.6. The fourth-order valence-corrected chi connectivity index (χ4v) is 4.86. The number of nitrogens with zero attached hydrogens (tertiary/aromatic N) is 4. The van der Waals surface area contributed by atoms with E-state index in [1.807, 2.05) is 17.0 Å². The predicted octanol–water partition coefficient (Wildman–Crippen LogP) is 3.44. The lowest BCUT2D eigenvalue weighted by Gasteiger charge is -2.32. The Morgan fingerprint density at radius 1 is 1.15 bits per heavy atom. The van der Waals surface area contributed by atoms with Crippen molar-refractivity contribution >= 4 is 22.7 Å². The maximum absolute atomic E-state index is 13.7. The number of hydrogen-bond acceptors (Lipinski definition) is 7. The molecule has 2 N–H and O–H groups in total. The number of fused-ring (bicyclic) bond motifs is 1. The van der Waals surface area contributed by atoms with Crippen LogP contribution in [0.4, 0.5) is 20.5 Å². The summed E-state index contributed by atoms with van der Waals surface area (Å²) >= 11 is 0. The van der Waals surface area contributed by atoms with Gasteiger partial charge in [-0.25, -0.2) is 13.8 Å². The van der Waals surface area contributed by atoms with E-state index in [0.29, 0.717) is 17.5 Å². The molecule has 0 amide bonds. The van der Waals surface area contributed by atoms with Crippen LogP contribution < -0.4 is 20.3 Å². The highest BCUT2D eigenvalue weighted by molar-refractivity contribution is 5.92. The Labute approximate surface area is 199 Å². The van der Waals surface area contributed by atoms with Crippen LogP contribution in [0.2, 0.25) is 0 Å². The van der Waals surface area contributed by atoms with Gasteiger partial charge in [0.1, 0.15) is 11.6 Å². The van der Waals surface area contributed by atoms with Crippen LogP contribution in [-0.2, 0) is 0 Å². The zero-order chi connectivity index (χ0) is 23.5. The van der Waals surface area contributed by atoms with Crippen molar-refractivity contribution in [3.05, 3.63) is 17.7 Å². The third kappa shape index (κ3) is 5.18. The summed E-state index contributed by atoms with van der Waals surface area (Å²) in [7, 11) is 1.64. The van der Waals surface area contributed by atoms with Gasteiger partial charge in [0, 0.05) is 31.3 Å². The van der Waals surface area contributed by atoms with Gasteiger partial charge in [-0.1, -0.05) is 11.8 Å². The molecule has 9 heteroatoms. The molecule has 3 saturated heterocycles. The number of piperidine rings is 1. The van der Waals surface area contributed by atoms with Crippen LogP contribution in [0.15, 0.2) is 12.1 Å². The number of likely N-dealkylation sites (tertiary alicyclic amines) is 1. The lowest BCUT2D eigenvalue weighted by Crippen LogP contribution is -2.40. The van der Waals surface area contributed by atoms with Crippen molar-refractivity contribution in [2.45, 2.75) is 50.6 Å². The van der Waals surface area contributed by atoms with Gasteiger partial charge in [0.15, 0.2) is 0 Å². The number of hydrogen-bond donors (Lipinski definition) is 2. The quantitative estimate of drug-likeness (QED) is 0.649. The second-order valence-electron chi connectivity index (χ2n) is 9.36. The highest BCUT2D eigenvalue weighted by Crippen LogP contribution is 2.33. The van der Waals surface area contributed by atoms with Gasteiger partial charge < -0.3 is 15.0 Å². The largest absolute Gasteiger partial charge is 0.495 e. The molecule has 1 atom stereocenters. The molecule has 3 aliphatic heterocycles. The van der Waals surface area contributed by atoms with E-state index in [2.05, 4.69) is 27.4 Å². The third-order valence-electron chi connectivity index (χ3n) is 6.88. The molecule has 0 spiro atoms. The maximum Gasteiger partial charge on any atom is 0.251 e. The zero-order valence-corrected chi connectivity index (χ0v) is 19.7. The second kappa shape index (κ2) is 9.88. The van der Waals surface area contributed by atoms with Crippen molar-refractivity contribution in [2.24, 2.45) is 0 Å². The van der Waals surface area contributed by atoms with Crippen molar-refractivity contribution in [3.8, 4) is 17.6 Å². The van der Waals surface area contributed by atoms with Crippen LogP contribution in [0.3, 0.4) is 0 Å². The highest BCUT2D eigenvalue weighted by Gasteiger charge is 2.35. The SMILES string of the molecule is COc1cc2c(NC3CCCN3)nc(N3CCC(F)(F)CC3)nc2cc1C#CCN1CCCC1. The average Bonchev–Trinajstić information content (AvgIpc) is 3.53. The lowest BCUT2D eigenvalue weighted by molar-refractivity contribution is -0.0222. The fraction of sp³-hybridized carbons (Fsp3) is 0.600. The summed E-state index contributed by atoms with van der Waals surface area (Å²) < 4.78 is 33.1. The summed E-state index contributed by atoms with van der Waals surface area (Å²) in [6.07, 6.45) is 4.29. The van der Waals surface area contributed by atoms with E-state index in [4.69, 9.17) is 14.7 Å². The van der Waals surface area contributed by atoms with Crippen LogP contribution in [0, 0.1) is 11.8 Å². The van der Waals surface area contributed by atoms with Crippen molar-refractivity contribution in [2.75, 3.05) is 56.6 Å². The molecular formula is C25H32F2N6O. The van der Waals surface area contributed by atoms with Gasteiger partial charge in [0.25, 0.3) is 5.92 Å². The van der Waals surface area contributed by atoms with E-state index < -0.39 is 5.92 Å². The third-order valence-corrected chi connectivity index (χ3v) is 6.88. The summed E-state index contributed by atoms with van der Waals surface area (Å²) in [6.45, 7) is 4.35. The molecule has 3 fully saturated rings. The van der Waals surface area contributed by atoms with Crippen LogP contribution >= 0.6 is 0 Å². The molecular weight excluding hydrogens is 438 g/mol.